The van der Waals surface area contributed by atoms with Crippen LogP contribution in [0.3, 0.4) is 0 Å². The minimum atomic E-state index is -0.504. The highest BCUT2D eigenvalue weighted by Gasteiger charge is 2.18. The standard InChI is InChI=1S/C22H23N3O4S.C8H18O.C3H8.C2H6/c1-6-8-16(14(4)26)9-19(15(5)27)22-24-21(12-30-22)20-11-23-13(3)18(20)10-17(7-2)25(28)29;1-3-5-6-8-9-7-4-2;1-3-2;1-2/h7-12,23H,2,6H2,1,3-5H3;3-8H2,1-2H3;3H2,1-2H3;1-2H3/b16-8+,17-10+,19-9+;;;. The Bertz CT molecular complexity index is 1230. The van der Waals surface area contributed by atoms with Crippen molar-refractivity contribution in [1.29, 1.82) is 0 Å². The minimum absolute atomic E-state index is 0.127. The zero-order chi connectivity index (χ0) is 34.1. The summed E-state index contributed by atoms with van der Waals surface area (Å²) in [5, 5.41) is 13.4. The number of ketones is 2. The minimum Gasteiger partial charge on any atom is -0.381 e. The Morgan fingerprint density at radius 3 is 2.18 bits per heavy atom. The lowest BCUT2D eigenvalue weighted by molar-refractivity contribution is -0.417. The highest BCUT2D eigenvalue weighted by atomic mass is 32.1. The first kappa shape index (κ1) is 42.7. The number of nitro groups is 1. The Morgan fingerprint density at radius 1 is 1.07 bits per heavy atom. The first-order chi connectivity index (χ1) is 21.0. The molecule has 8 nitrogen and oxygen atoms in total. The first-order valence-corrected chi connectivity index (χ1v) is 16.5. The Kier molecular flexibility index (Phi) is 25.2. The number of H-pyrrole nitrogens is 1. The van der Waals surface area contributed by atoms with E-state index >= 15 is 0 Å². The van der Waals surface area contributed by atoms with Gasteiger partial charge in [-0.1, -0.05) is 80.4 Å². The number of unbranched alkanes of at least 4 members (excludes halogenated alkanes) is 2. The summed E-state index contributed by atoms with van der Waals surface area (Å²) < 4.78 is 5.28. The molecule has 2 aromatic heterocycles. The quantitative estimate of drug-likeness (QED) is 0.0689. The summed E-state index contributed by atoms with van der Waals surface area (Å²) in [5.74, 6) is -0.329. The van der Waals surface area contributed by atoms with Crippen LogP contribution in [0.4, 0.5) is 0 Å². The van der Waals surface area contributed by atoms with Crippen LogP contribution >= 0.6 is 11.3 Å². The van der Waals surface area contributed by atoms with Crippen LogP contribution in [0.1, 0.15) is 117 Å². The second-order valence-corrected chi connectivity index (χ2v) is 10.4. The summed E-state index contributed by atoms with van der Waals surface area (Å²) in [6, 6.07) is 0. The van der Waals surface area contributed by atoms with Crippen molar-refractivity contribution < 1.29 is 19.2 Å². The van der Waals surface area contributed by atoms with E-state index in [0.29, 0.717) is 39.4 Å². The average Bonchev–Trinajstić information content (AvgIpc) is 3.61. The number of ether oxygens (including phenoxy) is 1. The van der Waals surface area contributed by atoms with Gasteiger partial charge in [0.1, 0.15) is 5.01 Å². The van der Waals surface area contributed by atoms with Crippen LogP contribution < -0.4 is 0 Å². The SMILES string of the molecule is C=C/C(=C\c1c(-c2csc(/C(=C/C(=C\CC)C(C)=O)C(C)=O)n2)c[nH]c1C)[N+](=O)[O-].CC.CCC.CCCCCOCCC. The molecule has 0 spiro atoms. The molecule has 0 radical (unpaired) electrons. The highest BCUT2D eigenvalue weighted by Crippen LogP contribution is 2.32. The molecule has 1 N–H and O–H groups in total. The van der Waals surface area contributed by atoms with Crippen molar-refractivity contribution in [2.45, 2.75) is 108 Å². The van der Waals surface area contributed by atoms with E-state index in [1.165, 1.54) is 63.0 Å². The van der Waals surface area contributed by atoms with Gasteiger partial charge in [-0.05, 0) is 46.1 Å². The normalized spacial score (nSPS) is 11.3. The van der Waals surface area contributed by atoms with Crippen LogP contribution in [0.15, 0.2) is 47.7 Å². The molecule has 0 fully saturated rings. The lowest BCUT2D eigenvalue weighted by Gasteiger charge is -2.02. The number of carbonyl (C=O) groups is 2. The fourth-order valence-electron chi connectivity index (χ4n) is 3.49. The van der Waals surface area contributed by atoms with Crippen molar-refractivity contribution in [2.24, 2.45) is 0 Å². The third-order valence-electron chi connectivity index (χ3n) is 5.60. The molecule has 0 aromatic carbocycles. The molecule has 0 atom stereocenters. The maximum absolute atomic E-state index is 12.2. The molecule has 2 heterocycles. The lowest BCUT2D eigenvalue weighted by Crippen LogP contribution is -2.00. The maximum Gasteiger partial charge on any atom is 0.269 e. The molecule has 9 heteroatoms. The van der Waals surface area contributed by atoms with Gasteiger partial charge in [0.2, 0.25) is 0 Å². The number of rotatable bonds is 15. The van der Waals surface area contributed by atoms with Crippen molar-refractivity contribution >= 4 is 34.6 Å². The third kappa shape index (κ3) is 16.4. The Hall–Kier alpha value is -3.43. The number of nitrogens with zero attached hydrogens (tertiary/aromatic N) is 2. The second-order valence-electron chi connectivity index (χ2n) is 9.57. The second kappa shape index (κ2) is 26.0. The van der Waals surface area contributed by atoms with Gasteiger partial charge in [0, 0.05) is 59.3 Å². The summed E-state index contributed by atoms with van der Waals surface area (Å²) in [6.07, 6.45) is 14.6. The first-order valence-electron chi connectivity index (χ1n) is 15.7. The molecule has 246 valence electrons. The Morgan fingerprint density at radius 2 is 1.70 bits per heavy atom. The topological polar surface area (TPSA) is 115 Å². The number of hydrogen-bond acceptors (Lipinski definition) is 7. The van der Waals surface area contributed by atoms with Crippen LogP contribution in [-0.4, -0.2) is 39.7 Å². The molecule has 0 saturated carbocycles. The average molecular weight is 630 g/mol. The largest absolute Gasteiger partial charge is 0.381 e. The van der Waals surface area contributed by atoms with E-state index in [-0.39, 0.29) is 17.3 Å². The van der Waals surface area contributed by atoms with Gasteiger partial charge in [0.15, 0.2) is 11.6 Å². The number of allylic oxidation sites excluding steroid dienone is 5. The van der Waals surface area contributed by atoms with E-state index in [9.17, 15) is 19.7 Å². The predicted molar refractivity (Wildman–Crippen MR) is 187 cm³/mol. The number of aromatic nitrogens is 2. The maximum atomic E-state index is 12.2. The summed E-state index contributed by atoms with van der Waals surface area (Å²) >= 11 is 1.27. The summed E-state index contributed by atoms with van der Waals surface area (Å²) in [6.45, 7) is 24.6. The molecule has 0 unspecified atom stereocenters. The van der Waals surface area contributed by atoms with E-state index in [4.69, 9.17) is 4.74 Å². The zero-order valence-electron chi connectivity index (χ0n) is 28.7. The van der Waals surface area contributed by atoms with Gasteiger partial charge in [-0.25, -0.2) is 4.98 Å². The van der Waals surface area contributed by atoms with Crippen molar-refractivity contribution in [2.75, 3.05) is 13.2 Å². The molecule has 0 aliphatic rings. The van der Waals surface area contributed by atoms with Crippen LogP contribution in [-0.2, 0) is 14.3 Å². The van der Waals surface area contributed by atoms with Gasteiger partial charge in [-0.15, -0.1) is 11.3 Å². The fourth-order valence-corrected chi connectivity index (χ4v) is 4.37. The van der Waals surface area contributed by atoms with Gasteiger partial charge in [0.25, 0.3) is 5.70 Å². The highest BCUT2D eigenvalue weighted by molar-refractivity contribution is 7.11. The third-order valence-corrected chi connectivity index (χ3v) is 6.48. The number of carbonyl (C=O) groups excluding carboxylic acids is 2. The van der Waals surface area contributed by atoms with Crippen molar-refractivity contribution in [1.82, 2.24) is 9.97 Å². The number of aromatic amines is 1. The van der Waals surface area contributed by atoms with Crippen molar-refractivity contribution in [3.05, 3.63) is 74.0 Å². The van der Waals surface area contributed by atoms with Crippen LogP contribution in [0, 0.1) is 17.0 Å². The van der Waals surface area contributed by atoms with E-state index in [1.54, 1.807) is 30.7 Å². The van der Waals surface area contributed by atoms with Gasteiger partial charge in [-0.2, -0.15) is 0 Å². The van der Waals surface area contributed by atoms with E-state index in [2.05, 4.69) is 44.2 Å². The Balaban J connectivity index is 0. The van der Waals surface area contributed by atoms with E-state index < -0.39 is 4.92 Å². The van der Waals surface area contributed by atoms with Crippen molar-refractivity contribution in [3.63, 3.8) is 0 Å². The summed E-state index contributed by atoms with van der Waals surface area (Å²) in [7, 11) is 0. The number of thiazole rings is 1. The van der Waals surface area contributed by atoms with Gasteiger partial charge in [-0.3, -0.25) is 19.7 Å². The van der Waals surface area contributed by atoms with Crippen LogP contribution in [0.5, 0.6) is 0 Å². The molecular weight excluding hydrogens is 574 g/mol. The summed E-state index contributed by atoms with van der Waals surface area (Å²) in [4.78, 5) is 42.4. The molecule has 44 heavy (non-hydrogen) atoms. The molecular formula is C35H55N3O5S. The molecule has 0 aliphatic carbocycles. The lowest BCUT2D eigenvalue weighted by atomic mass is 10.0. The zero-order valence-corrected chi connectivity index (χ0v) is 29.5. The van der Waals surface area contributed by atoms with E-state index in [1.807, 2.05) is 20.8 Å². The van der Waals surface area contributed by atoms with Crippen LogP contribution in [0.2, 0.25) is 0 Å². The van der Waals surface area contributed by atoms with Gasteiger partial charge in [0.05, 0.1) is 16.2 Å². The monoisotopic (exact) mass is 629 g/mol. The molecule has 0 aliphatic heterocycles. The fraction of sp³-hybridized carbons (Fsp3) is 0.514. The van der Waals surface area contributed by atoms with Crippen LogP contribution in [0.25, 0.3) is 22.9 Å². The number of hydrogen-bond donors (Lipinski definition) is 1. The molecule has 0 bridgehead atoms. The predicted octanol–water partition coefficient (Wildman–Crippen LogP) is 10.2. The molecule has 0 saturated heterocycles. The van der Waals surface area contributed by atoms with Gasteiger partial charge < -0.3 is 9.72 Å². The van der Waals surface area contributed by atoms with Gasteiger partial charge >= 0.3 is 0 Å². The molecule has 2 aromatic rings. The number of aryl methyl sites for hydroxylation is 1. The Labute approximate surface area is 269 Å². The number of Topliss-reactive ketones (excluding diaryl/α,β-unsaturated/α-hetero) is 2. The summed E-state index contributed by atoms with van der Waals surface area (Å²) in [5.41, 5.74) is 3.30. The molecule has 0 amide bonds. The van der Waals surface area contributed by atoms with Crippen molar-refractivity contribution in [3.8, 4) is 11.3 Å². The van der Waals surface area contributed by atoms with E-state index in [0.717, 1.165) is 25.3 Å². The number of nitrogens with one attached hydrogen (secondary N) is 1. The smallest absolute Gasteiger partial charge is 0.269 e. The molecule has 2 rings (SSSR count).